The number of carbonyl (C=O) groups excluding carboxylic acids is 1. The standard InChI is InChI=1S/C13H22O4/c1-3-4-5-6-7-8-9-12(14)17-13(2)15-10-11-16-13/h10-11H,3-9H2,1-2H3. The molecule has 1 aliphatic rings. The van der Waals surface area contributed by atoms with Crippen LogP contribution in [-0.2, 0) is 19.0 Å². The Kier molecular flexibility index (Phi) is 5.87. The highest BCUT2D eigenvalue weighted by atomic mass is 16.9. The third-order valence-electron chi connectivity index (χ3n) is 2.65. The van der Waals surface area contributed by atoms with Gasteiger partial charge in [-0.25, -0.2) is 0 Å². The van der Waals surface area contributed by atoms with E-state index in [1.807, 2.05) is 0 Å². The number of rotatable bonds is 8. The minimum absolute atomic E-state index is 0.272. The fourth-order valence-corrected chi connectivity index (χ4v) is 1.69. The first-order chi connectivity index (χ1) is 8.16. The van der Waals surface area contributed by atoms with Gasteiger partial charge in [0.1, 0.15) is 12.5 Å². The van der Waals surface area contributed by atoms with Gasteiger partial charge in [0.25, 0.3) is 0 Å². The summed E-state index contributed by atoms with van der Waals surface area (Å²) >= 11 is 0. The lowest BCUT2D eigenvalue weighted by molar-refractivity contribution is -0.292. The molecule has 0 fully saturated rings. The van der Waals surface area contributed by atoms with Crippen LogP contribution in [0.3, 0.4) is 0 Å². The van der Waals surface area contributed by atoms with E-state index >= 15 is 0 Å². The lowest BCUT2D eigenvalue weighted by Crippen LogP contribution is -2.32. The van der Waals surface area contributed by atoms with Gasteiger partial charge in [0, 0.05) is 6.42 Å². The molecule has 0 aromatic rings. The second kappa shape index (κ2) is 7.20. The number of unbranched alkanes of at least 4 members (excludes halogenated alkanes) is 5. The second-order valence-corrected chi connectivity index (χ2v) is 4.36. The summed E-state index contributed by atoms with van der Waals surface area (Å²) in [5.41, 5.74) is 0. The van der Waals surface area contributed by atoms with E-state index in [-0.39, 0.29) is 5.97 Å². The molecule has 1 heterocycles. The third-order valence-corrected chi connectivity index (χ3v) is 2.65. The van der Waals surface area contributed by atoms with Gasteiger partial charge in [0.15, 0.2) is 0 Å². The van der Waals surface area contributed by atoms with E-state index in [9.17, 15) is 4.79 Å². The Labute approximate surface area is 103 Å². The molecular weight excluding hydrogens is 220 g/mol. The van der Waals surface area contributed by atoms with Crippen LogP contribution in [0.5, 0.6) is 0 Å². The van der Waals surface area contributed by atoms with Crippen LogP contribution in [0.15, 0.2) is 12.5 Å². The van der Waals surface area contributed by atoms with Crippen LogP contribution < -0.4 is 0 Å². The van der Waals surface area contributed by atoms with Gasteiger partial charge < -0.3 is 14.2 Å². The fourth-order valence-electron chi connectivity index (χ4n) is 1.69. The van der Waals surface area contributed by atoms with Crippen LogP contribution in [0.4, 0.5) is 0 Å². The summed E-state index contributed by atoms with van der Waals surface area (Å²) in [5.74, 6) is -1.52. The number of hydrogen-bond donors (Lipinski definition) is 0. The summed E-state index contributed by atoms with van der Waals surface area (Å²) in [6, 6.07) is 0. The largest absolute Gasteiger partial charge is 0.425 e. The van der Waals surface area contributed by atoms with E-state index in [1.165, 1.54) is 38.2 Å². The van der Waals surface area contributed by atoms with Crippen LogP contribution in [-0.4, -0.2) is 11.9 Å². The molecule has 98 valence electrons. The Morgan fingerprint density at radius 1 is 1.12 bits per heavy atom. The van der Waals surface area contributed by atoms with Crippen LogP contribution >= 0.6 is 0 Å². The second-order valence-electron chi connectivity index (χ2n) is 4.36. The Morgan fingerprint density at radius 2 is 1.71 bits per heavy atom. The zero-order valence-electron chi connectivity index (χ0n) is 10.7. The van der Waals surface area contributed by atoms with E-state index in [0.29, 0.717) is 6.42 Å². The van der Waals surface area contributed by atoms with E-state index in [2.05, 4.69) is 6.92 Å². The molecule has 0 N–H and O–H groups in total. The van der Waals surface area contributed by atoms with Gasteiger partial charge in [-0.2, -0.15) is 0 Å². The first kappa shape index (κ1) is 13.9. The van der Waals surface area contributed by atoms with Crippen molar-refractivity contribution < 1.29 is 19.0 Å². The molecule has 0 amide bonds. The van der Waals surface area contributed by atoms with Gasteiger partial charge in [-0.05, 0) is 6.42 Å². The van der Waals surface area contributed by atoms with Crippen LogP contribution in [0.25, 0.3) is 0 Å². The molecule has 4 heteroatoms. The van der Waals surface area contributed by atoms with Crippen molar-refractivity contribution in [2.75, 3.05) is 0 Å². The van der Waals surface area contributed by atoms with Crippen molar-refractivity contribution in [1.29, 1.82) is 0 Å². The van der Waals surface area contributed by atoms with Crippen molar-refractivity contribution in [2.45, 2.75) is 64.8 Å². The quantitative estimate of drug-likeness (QED) is 0.483. The number of esters is 1. The van der Waals surface area contributed by atoms with Gasteiger partial charge in [-0.1, -0.05) is 39.0 Å². The van der Waals surface area contributed by atoms with Gasteiger partial charge in [0.05, 0.1) is 6.92 Å². The molecule has 17 heavy (non-hydrogen) atoms. The van der Waals surface area contributed by atoms with Gasteiger partial charge in [-0.15, -0.1) is 0 Å². The molecule has 0 radical (unpaired) electrons. The molecule has 1 rings (SSSR count). The van der Waals surface area contributed by atoms with Crippen LogP contribution in [0, 0.1) is 0 Å². The van der Waals surface area contributed by atoms with Gasteiger partial charge in [-0.3, -0.25) is 4.79 Å². The van der Waals surface area contributed by atoms with Crippen molar-refractivity contribution in [1.82, 2.24) is 0 Å². The van der Waals surface area contributed by atoms with E-state index < -0.39 is 5.97 Å². The maximum Gasteiger partial charge on any atom is 0.415 e. The third kappa shape index (κ3) is 5.61. The maximum absolute atomic E-state index is 11.5. The summed E-state index contributed by atoms with van der Waals surface area (Å²) in [6.45, 7) is 3.76. The van der Waals surface area contributed by atoms with Crippen molar-refractivity contribution in [2.24, 2.45) is 0 Å². The normalized spacial score (nSPS) is 16.4. The zero-order chi connectivity index (χ0) is 12.6. The molecule has 0 aromatic heterocycles. The molecule has 4 nitrogen and oxygen atoms in total. The SMILES string of the molecule is CCCCCCCCC(=O)OC1(C)OC=CO1. The predicted octanol–water partition coefficient (Wildman–Crippen LogP) is 3.47. The lowest BCUT2D eigenvalue weighted by Gasteiger charge is -2.21. The first-order valence-electron chi connectivity index (χ1n) is 6.39. The molecule has 0 saturated heterocycles. The van der Waals surface area contributed by atoms with Crippen molar-refractivity contribution in [3.8, 4) is 0 Å². The minimum atomic E-state index is -1.25. The van der Waals surface area contributed by atoms with E-state index in [1.54, 1.807) is 6.92 Å². The number of hydrogen-bond acceptors (Lipinski definition) is 4. The highest BCUT2D eigenvalue weighted by Crippen LogP contribution is 2.21. The first-order valence-corrected chi connectivity index (χ1v) is 6.39. The van der Waals surface area contributed by atoms with E-state index in [0.717, 1.165) is 12.8 Å². The van der Waals surface area contributed by atoms with E-state index in [4.69, 9.17) is 14.2 Å². The van der Waals surface area contributed by atoms with Crippen LogP contribution in [0.2, 0.25) is 0 Å². The minimum Gasteiger partial charge on any atom is -0.425 e. The highest BCUT2D eigenvalue weighted by Gasteiger charge is 2.34. The number of carbonyl (C=O) groups is 1. The number of ether oxygens (including phenoxy) is 3. The summed E-state index contributed by atoms with van der Waals surface area (Å²) in [4.78, 5) is 11.5. The summed E-state index contributed by atoms with van der Waals surface area (Å²) < 4.78 is 15.1. The summed E-state index contributed by atoms with van der Waals surface area (Å²) in [5, 5.41) is 0. The monoisotopic (exact) mass is 242 g/mol. The average molecular weight is 242 g/mol. The Hall–Kier alpha value is -1.19. The van der Waals surface area contributed by atoms with Gasteiger partial charge in [0.2, 0.25) is 0 Å². The topological polar surface area (TPSA) is 44.8 Å². The Balaban J connectivity index is 2.01. The Morgan fingerprint density at radius 3 is 2.35 bits per heavy atom. The molecule has 0 unspecified atom stereocenters. The molecular formula is C13H22O4. The van der Waals surface area contributed by atoms with Crippen molar-refractivity contribution in [3.05, 3.63) is 12.5 Å². The molecule has 0 aromatic carbocycles. The smallest absolute Gasteiger partial charge is 0.415 e. The average Bonchev–Trinajstić information content (AvgIpc) is 2.70. The summed E-state index contributed by atoms with van der Waals surface area (Å²) in [6.07, 6.45) is 10.1. The molecule has 0 aliphatic carbocycles. The Bertz CT molecular complexity index is 252. The summed E-state index contributed by atoms with van der Waals surface area (Å²) in [7, 11) is 0. The molecule has 0 saturated carbocycles. The fraction of sp³-hybridized carbons (Fsp3) is 0.769. The van der Waals surface area contributed by atoms with Gasteiger partial charge >= 0.3 is 11.9 Å². The maximum atomic E-state index is 11.5. The zero-order valence-corrected chi connectivity index (χ0v) is 10.7. The lowest BCUT2D eigenvalue weighted by atomic mass is 10.1. The van der Waals surface area contributed by atoms with Crippen molar-refractivity contribution in [3.63, 3.8) is 0 Å². The molecule has 0 bridgehead atoms. The molecule has 0 atom stereocenters. The van der Waals surface area contributed by atoms with Crippen molar-refractivity contribution >= 4 is 5.97 Å². The van der Waals surface area contributed by atoms with Crippen LogP contribution in [0.1, 0.15) is 58.8 Å². The molecule has 1 aliphatic heterocycles. The molecule has 0 spiro atoms. The predicted molar refractivity (Wildman–Crippen MR) is 63.8 cm³/mol. The highest BCUT2D eigenvalue weighted by molar-refractivity contribution is 5.69.